The fourth-order valence-corrected chi connectivity index (χ4v) is 1.31. The summed E-state index contributed by atoms with van der Waals surface area (Å²) in [5, 5.41) is 4.07. The van der Waals surface area contributed by atoms with E-state index >= 15 is 0 Å². The van der Waals surface area contributed by atoms with Crippen molar-refractivity contribution in [2.75, 3.05) is 0 Å². The van der Waals surface area contributed by atoms with E-state index in [9.17, 15) is 4.79 Å². The molecule has 0 saturated carbocycles. The molecule has 0 N–H and O–H groups in total. The van der Waals surface area contributed by atoms with Crippen LogP contribution in [0.4, 0.5) is 0 Å². The molecule has 1 aromatic carbocycles. The summed E-state index contributed by atoms with van der Waals surface area (Å²) in [5.41, 5.74) is 1.90. The van der Waals surface area contributed by atoms with E-state index in [1.165, 1.54) is 13.3 Å². The Kier molecular flexibility index (Phi) is 2.64. The minimum absolute atomic E-state index is 0.138. The van der Waals surface area contributed by atoms with Crippen LogP contribution in [0.1, 0.15) is 23.1 Å². The number of nitrogens with zero attached hydrogens (tertiary/aromatic N) is 3. The van der Waals surface area contributed by atoms with Gasteiger partial charge in [-0.05, 0) is 17.7 Å². The lowest BCUT2D eigenvalue weighted by Crippen LogP contribution is -1.99. The first-order chi connectivity index (χ1) is 7.70. The van der Waals surface area contributed by atoms with Crippen molar-refractivity contribution < 1.29 is 4.79 Å². The van der Waals surface area contributed by atoms with Crippen LogP contribution in [-0.2, 0) is 0 Å². The number of Topliss-reactive ketones (excluding diaryl/α,β-unsaturated/α-hetero) is 1. The van der Waals surface area contributed by atoms with Gasteiger partial charge in [-0.3, -0.25) is 4.79 Å². The van der Waals surface area contributed by atoms with Gasteiger partial charge in [0.15, 0.2) is 5.78 Å². The van der Waals surface area contributed by atoms with E-state index < -0.39 is 0 Å². The number of carbonyl (C=O) groups is 1. The van der Waals surface area contributed by atoms with E-state index in [4.69, 9.17) is 0 Å². The fraction of sp³-hybridized carbons (Fsp3) is 0.0833. The average molecular weight is 213 g/mol. The second kappa shape index (κ2) is 4.10. The Labute approximate surface area is 93.2 Å². The second-order valence-corrected chi connectivity index (χ2v) is 3.36. The van der Waals surface area contributed by atoms with Crippen molar-refractivity contribution in [2.24, 2.45) is 0 Å². The zero-order chi connectivity index (χ0) is 11.5. The van der Waals surface area contributed by atoms with Gasteiger partial charge in [0.05, 0.1) is 5.69 Å². The van der Waals surface area contributed by atoms with Gasteiger partial charge >= 0.3 is 0 Å². The van der Waals surface area contributed by atoms with Gasteiger partial charge in [0.1, 0.15) is 6.33 Å². The van der Waals surface area contributed by atoms with Crippen molar-refractivity contribution >= 4 is 11.9 Å². The molecule has 1 aromatic heterocycles. The number of carbonyl (C=O) groups excluding carboxylic acids is 1. The third kappa shape index (κ3) is 1.91. The van der Waals surface area contributed by atoms with Crippen LogP contribution in [0.3, 0.4) is 0 Å². The molecule has 0 radical (unpaired) electrons. The Morgan fingerprint density at radius 3 is 2.56 bits per heavy atom. The Morgan fingerprint density at radius 1 is 1.38 bits per heavy atom. The van der Waals surface area contributed by atoms with Crippen molar-refractivity contribution in [3.05, 3.63) is 48.6 Å². The van der Waals surface area contributed by atoms with E-state index in [2.05, 4.69) is 16.7 Å². The summed E-state index contributed by atoms with van der Waals surface area (Å²) in [5.74, 6) is 0.0919. The van der Waals surface area contributed by atoms with Gasteiger partial charge in [0, 0.05) is 6.92 Å². The highest BCUT2D eigenvalue weighted by Gasteiger charge is 2.06. The molecule has 0 aliphatic rings. The highest BCUT2D eigenvalue weighted by atomic mass is 16.1. The summed E-state index contributed by atoms with van der Waals surface area (Å²) in [4.78, 5) is 15.0. The number of aromatic nitrogens is 3. The Bertz CT molecular complexity index is 525. The predicted octanol–water partition coefficient (Wildman–Crippen LogP) is 2.11. The van der Waals surface area contributed by atoms with Crippen LogP contribution in [0.5, 0.6) is 0 Å². The van der Waals surface area contributed by atoms with Crippen molar-refractivity contribution in [3.63, 3.8) is 0 Å². The molecule has 0 unspecified atom stereocenters. The first-order valence-electron chi connectivity index (χ1n) is 4.86. The molecule has 2 aromatic rings. The number of hydrogen-bond donors (Lipinski definition) is 0. The van der Waals surface area contributed by atoms with Crippen LogP contribution in [0.15, 0.2) is 37.2 Å². The molecular formula is C12H11N3O. The quantitative estimate of drug-likeness (QED) is 0.733. The zero-order valence-electron chi connectivity index (χ0n) is 8.92. The lowest BCUT2D eigenvalue weighted by molar-refractivity contribution is 0.100. The van der Waals surface area contributed by atoms with Crippen LogP contribution < -0.4 is 0 Å². The summed E-state index contributed by atoms with van der Waals surface area (Å²) >= 11 is 0. The molecule has 1 heterocycles. The summed E-state index contributed by atoms with van der Waals surface area (Å²) < 4.78 is 1.57. The molecular weight excluding hydrogens is 202 g/mol. The Morgan fingerprint density at radius 2 is 2.06 bits per heavy atom. The largest absolute Gasteiger partial charge is 0.291 e. The van der Waals surface area contributed by atoms with Gasteiger partial charge in [-0.2, -0.15) is 0 Å². The van der Waals surface area contributed by atoms with Gasteiger partial charge in [-0.15, -0.1) is 5.10 Å². The van der Waals surface area contributed by atoms with Crippen molar-refractivity contribution in [1.29, 1.82) is 0 Å². The molecule has 0 fully saturated rings. The topological polar surface area (TPSA) is 47.8 Å². The summed E-state index contributed by atoms with van der Waals surface area (Å²) in [6.07, 6.45) is 3.30. The number of hydrogen-bond acceptors (Lipinski definition) is 3. The Balaban J connectivity index is 2.35. The molecule has 0 amide bonds. The van der Waals surface area contributed by atoms with E-state index in [1.54, 1.807) is 10.8 Å². The van der Waals surface area contributed by atoms with Gasteiger partial charge in [-0.1, -0.05) is 24.8 Å². The zero-order valence-corrected chi connectivity index (χ0v) is 8.92. The summed E-state index contributed by atoms with van der Waals surface area (Å²) in [6, 6.07) is 7.65. The van der Waals surface area contributed by atoms with Crippen LogP contribution >= 0.6 is 0 Å². The molecule has 4 nitrogen and oxygen atoms in total. The number of benzene rings is 1. The third-order valence-electron chi connectivity index (χ3n) is 2.20. The molecule has 0 spiro atoms. The molecule has 0 saturated heterocycles. The second-order valence-electron chi connectivity index (χ2n) is 3.36. The van der Waals surface area contributed by atoms with Crippen LogP contribution in [0.2, 0.25) is 0 Å². The highest BCUT2D eigenvalue weighted by Crippen LogP contribution is 2.09. The standard InChI is InChI=1S/C12H11N3O/c1-3-10-4-6-11(7-5-10)15-8-13-12(14-15)9(2)16/h3-8H,1H2,2H3. The van der Waals surface area contributed by atoms with Crippen molar-refractivity contribution in [1.82, 2.24) is 14.8 Å². The number of ketones is 1. The molecule has 16 heavy (non-hydrogen) atoms. The summed E-state index contributed by atoms with van der Waals surface area (Å²) in [7, 11) is 0. The maximum Gasteiger partial charge on any atom is 0.217 e. The van der Waals surface area contributed by atoms with Gasteiger partial charge in [0.25, 0.3) is 0 Å². The van der Waals surface area contributed by atoms with E-state index in [-0.39, 0.29) is 11.6 Å². The van der Waals surface area contributed by atoms with E-state index in [1.807, 2.05) is 24.3 Å². The summed E-state index contributed by atoms with van der Waals surface area (Å²) in [6.45, 7) is 5.13. The molecule has 0 bridgehead atoms. The molecule has 0 aliphatic heterocycles. The number of rotatable bonds is 3. The molecule has 2 rings (SSSR count). The maximum absolute atomic E-state index is 11.0. The molecule has 0 atom stereocenters. The average Bonchev–Trinajstić information content (AvgIpc) is 2.78. The van der Waals surface area contributed by atoms with Crippen LogP contribution in [0, 0.1) is 0 Å². The minimum atomic E-state index is -0.138. The molecule has 0 aliphatic carbocycles. The monoisotopic (exact) mass is 213 g/mol. The SMILES string of the molecule is C=Cc1ccc(-n2cnc(C(C)=O)n2)cc1. The lowest BCUT2D eigenvalue weighted by atomic mass is 10.2. The van der Waals surface area contributed by atoms with E-state index in [0.29, 0.717) is 0 Å². The highest BCUT2D eigenvalue weighted by molar-refractivity contribution is 5.90. The Hall–Kier alpha value is -2.23. The van der Waals surface area contributed by atoms with Gasteiger partial charge < -0.3 is 0 Å². The van der Waals surface area contributed by atoms with Crippen LogP contribution in [-0.4, -0.2) is 20.5 Å². The van der Waals surface area contributed by atoms with E-state index in [0.717, 1.165) is 11.3 Å². The minimum Gasteiger partial charge on any atom is -0.291 e. The predicted molar refractivity (Wildman–Crippen MR) is 61.5 cm³/mol. The van der Waals surface area contributed by atoms with Gasteiger partial charge in [-0.25, -0.2) is 9.67 Å². The van der Waals surface area contributed by atoms with Crippen molar-refractivity contribution in [2.45, 2.75) is 6.92 Å². The normalized spacial score (nSPS) is 10.1. The molecule has 80 valence electrons. The fourth-order valence-electron chi connectivity index (χ4n) is 1.31. The maximum atomic E-state index is 11.0. The van der Waals surface area contributed by atoms with Gasteiger partial charge in [0.2, 0.25) is 5.82 Å². The van der Waals surface area contributed by atoms with Crippen molar-refractivity contribution in [3.8, 4) is 5.69 Å². The first-order valence-corrected chi connectivity index (χ1v) is 4.86. The van der Waals surface area contributed by atoms with Crippen LogP contribution in [0.25, 0.3) is 11.8 Å². The smallest absolute Gasteiger partial charge is 0.217 e. The third-order valence-corrected chi connectivity index (χ3v) is 2.20. The first kappa shape index (κ1) is 10.3. The molecule has 4 heteroatoms. The lowest BCUT2D eigenvalue weighted by Gasteiger charge is -1.99.